The predicted molar refractivity (Wildman–Crippen MR) is 250 cm³/mol. The lowest BCUT2D eigenvalue weighted by Gasteiger charge is -2.40. The molecule has 4 atom stereocenters. The third kappa shape index (κ3) is 11.4. The third-order valence-corrected chi connectivity index (χ3v) is 17.6. The van der Waals surface area contributed by atoms with E-state index < -0.39 is 20.3 Å². The molecule has 0 fully saturated rings. The second kappa shape index (κ2) is 20.3. The Kier molecular flexibility index (Phi) is 15.8. The normalized spacial score (nSPS) is 13.6. The molecule has 0 amide bonds. The summed E-state index contributed by atoms with van der Waals surface area (Å²) in [6.07, 6.45) is -0.00131. The fraction of sp³-hybridized carbons (Fsp3) is 0.348. The van der Waals surface area contributed by atoms with E-state index in [1.165, 1.54) is 18.2 Å². The van der Waals surface area contributed by atoms with Crippen molar-refractivity contribution in [3.8, 4) is 34.4 Å². The highest BCUT2D eigenvalue weighted by molar-refractivity contribution is 6.74. The fourth-order valence-electron chi connectivity index (χ4n) is 6.43. The second-order valence-electron chi connectivity index (χ2n) is 16.8. The molecule has 0 unspecified atom stereocenters. The average molecular weight is 951 g/mol. The number of aliphatic hydroxyl groups is 1. The van der Waals surface area contributed by atoms with E-state index in [0.29, 0.717) is 57.2 Å². The van der Waals surface area contributed by atoms with Gasteiger partial charge < -0.3 is 28.6 Å². The number of hydrogen-bond acceptors (Lipinski definition) is 10. The quantitative estimate of drug-likeness (QED) is 0.0797. The Balaban J connectivity index is 0.000000243. The smallest absolute Gasteiger partial charge is 0.247 e. The van der Waals surface area contributed by atoms with Crippen molar-refractivity contribution in [2.24, 2.45) is 0 Å². The second-order valence-corrected chi connectivity index (χ2v) is 23.1. The Morgan fingerprint density at radius 2 is 1.10 bits per heavy atom. The zero-order valence-corrected chi connectivity index (χ0v) is 40.3. The number of nitrogens with zero attached hydrogens (tertiary/aromatic N) is 6. The van der Waals surface area contributed by atoms with Gasteiger partial charge in [-0.15, -0.1) is 20.4 Å². The molecule has 2 heterocycles. The zero-order chi connectivity index (χ0) is 46.6. The first-order valence-electron chi connectivity index (χ1n) is 19.9. The SMILES string of the molecule is [C-]#[N+]c1ccc(C[C@@H](c2nnc(-c3ccc(O)c(Cl)c3)o2)[C@@H](C)O)c(C)c1Cl.[C-]#[N+]c1ccc(C[C@@H](c2nnc(-c3ccc(O)c(Cl)c3)o2)[C@@H](C)O[Si](C)(C)C(C)(C)C)c(C)c1Cl. The van der Waals surface area contributed by atoms with E-state index in [-0.39, 0.29) is 50.4 Å². The Bertz CT molecular complexity index is 2680. The van der Waals surface area contributed by atoms with Crippen LogP contribution < -0.4 is 0 Å². The summed E-state index contributed by atoms with van der Waals surface area (Å²) in [5.74, 6) is 0.514. The summed E-state index contributed by atoms with van der Waals surface area (Å²) in [6.45, 7) is 33.0. The lowest BCUT2D eigenvalue weighted by molar-refractivity contribution is 0.148. The van der Waals surface area contributed by atoms with Crippen molar-refractivity contribution in [2.45, 2.75) is 103 Å². The van der Waals surface area contributed by atoms with Crippen LogP contribution in [0.3, 0.4) is 0 Å². The van der Waals surface area contributed by atoms with Gasteiger partial charge >= 0.3 is 0 Å². The van der Waals surface area contributed by atoms with Crippen LogP contribution in [0.4, 0.5) is 11.4 Å². The van der Waals surface area contributed by atoms with Crippen molar-refractivity contribution >= 4 is 66.1 Å². The van der Waals surface area contributed by atoms with Crippen LogP contribution in [0.15, 0.2) is 69.5 Å². The summed E-state index contributed by atoms with van der Waals surface area (Å²) in [6, 6.07) is 16.5. The molecular formula is C46H48Cl4N6O6Si. The molecule has 6 rings (SSSR count). The first-order chi connectivity index (χ1) is 29.6. The summed E-state index contributed by atoms with van der Waals surface area (Å²) >= 11 is 24.7. The van der Waals surface area contributed by atoms with E-state index in [2.05, 4.69) is 63.9 Å². The number of rotatable bonds is 12. The summed E-state index contributed by atoms with van der Waals surface area (Å²) in [5, 5.41) is 47.6. The first kappa shape index (κ1) is 49.1. The maximum absolute atomic E-state index is 10.3. The average Bonchev–Trinajstić information content (AvgIpc) is 3.92. The van der Waals surface area contributed by atoms with E-state index in [1.807, 2.05) is 32.9 Å². The first-order valence-corrected chi connectivity index (χ1v) is 24.3. The maximum Gasteiger partial charge on any atom is 0.247 e. The Labute approximate surface area is 388 Å². The Morgan fingerprint density at radius 1 is 0.683 bits per heavy atom. The fourth-order valence-corrected chi connectivity index (χ4v) is 8.70. The molecule has 330 valence electrons. The molecule has 2 aromatic heterocycles. The number of halogens is 4. The maximum atomic E-state index is 10.3. The molecule has 0 aliphatic heterocycles. The minimum absolute atomic E-state index is 0.0142. The standard InChI is InChI=1S/C26H31Cl2N3O3Si.C20H17Cl2N3O3/c1-15-17(9-11-21(29-6)23(15)28)13-19(16(2)34-35(7,8)26(3,4)5)25-31-30-24(33-25)18-10-12-22(32)20(27)14-18;1-10-12(4-6-16(23-3)18(10)22)8-14(11(2)26)20-25-24-19(28-20)13-5-7-17(27)15(21)9-13/h9-12,14,16,19,32H,13H2,1-5,7-8H3;4-7,9,11,14,26-27H,8H2,1-2H3/t16-,19-;11-,14-/m11/s1. The molecule has 63 heavy (non-hydrogen) atoms. The van der Waals surface area contributed by atoms with Gasteiger partial charge in [0.1, 0.15) is 11.5 Å². The molecule has 0 bridgehead atoms. The van der Waals surface area contributed by atoms with Crippen LogP contribution in [-0.2, 0) is 17.3 Å². The van der Waals surface area contributed by atoms with E-state index in [1.54, 1.807) is 37.3 Å². The summed E-state index contributed by atoms with van der Waals surface area (Å²) in [7, 11) is -2.09. The van der Waals surface area contributed by atoms with Gasteiger partial charge in [0, 0.05) is 11.1 Å². The number of aromatic hydroxyl groups is 2. The van der Waals surface area contributed by atoms with E-state index in [0.717, 1.165) is 22.3 Å². The molecule has 4 aromatic carbocycles. The molecular weight excluding hydrogens is 902 g/mol. The lowest BCUT2D eigenvalue weighted by Crippen LogP contribution is -2.44. The van der Waals surface area contributed by atoms with Crippen LogP contribution in [0.25, 0.3) is 32.6 Å². The minimum Gasteiger partial charge on any atom is -0.506 e. The van der Waals surface area contributed by atoms with Crippen molar-refractivity contribution in [1.29, 1.82) is 0 Å². The minimum atomic E-state index is -2.09. The van der Waals surface area contributed by atoms with Crippen LogP contribution in [0.2, 0.25) is 38.2 Å². The van der Waals surface area contributed by atoms with Gasteiger partial charge in [0.05, 0.1) is 57.3 Å². The van der Waals surface area contributed by atoms with Gasteiger partial charge in [-0.25, -0.2) is 9.69 Å². The molecule has 3 N–H and O–H groups in total. The molecule has 6 aromatic rings. The third-order valence-electron chi connectivity index (χ3n) is 11.4. The molecule has 0 saturated heterocycles. The monoisotopic (exact) mass is 948 g/mol. The van der Waals surface area contributed by atoms with Crippen molar-refractivity contribution < 1.29 is 28.6 Å². The van der Waals surface area contributed by atoms with Crippen LogP contribution in [-0.4, -0.2) is 56.2 Å². The molecule has 12 nitrogen and oxygen atoms in total. The number of benzene rings is 4. The molecule has 0 aliphatic carbocycles. The Morgan fingerprint density at radius 3 is 1.48 bits per heavy atom. The van der Waals surface area contributed by atoms with Crippen molar-refractivity contribution in [1.82, 2.24) is 20.4 Å². The van der Waals surface area contributed by atoms with E-state index >= 15 is 0 Å². The number of aliphatic hydroxyl groups excluding tert-OH is 1. The largest absolute Gasteiger partial charge is 0.506 e. The van der Waals surface area contributed by atoms with Gasteiger partial charge in [0.2, 0.25) is 34.9 Å². The summed E-state index contributed by atoms with van der Waals surface area (Å²) < 4.78 is 18.6. The van der Waals surface area contributed by atoms with Crippen LogP contribution >= 0.6 is 46.4 Å². The highest BCUT2D eigenvalue weighted by Gasteiger charge is 2.41. The topological polar surface area (TPSA) is 156 Å². The van der Waals surface area contributed by atoms with Gasteiger partial charge in [0.15, 0.2) is 8.32 Å². The number of phenolic OH excluding ortho intramolecular Hbond substituents is 2. The number of aromatic nitrogens is 4. The molecule has 0 spiro atoms. The van der Waals surface area contributed by atoms with Gasteiger partial charge in [-0.3, -0.25) is 0 Å². The number of hydrogen-bond donors (Lipinski definition) is 3. The number of phenols is 2. The van der Waals surface area contributed by atoms with Crippen LogP contribution in [0.1, 0.15) is 80.5 Å². The molecule has 0 aliphatic rings. The van der Waals surface area contributed by atoms with Crippen LogP contribution in [0.5, 0.6) is 11.5 Å². The van der Waals surface area contributed by atoms with E-state index in [9.17, 15) is 15.3 Å². The molecule has 0 saturated carbocycles. The molecule has 0 radical (unpaired) electrons. The summed E-state index contributed by atoms with van der Waals surface area (Å²) in [5.41, 5.74) is 5.51. The Hall–Kier alpha value is -4.96. The van der Waals surface area contributed by atoms with Crippen molar-refractivity contribution in [3.63, 3.8) is 0 Å². The molecule has 17 heteroatoms. The van der Waals surface area contributed by atoms with Crippen molar-refractivity contribution in [2.75, 3.05) is 0 Å². The van der Waals surface area contributed by atoms with Gasteiger partial charge in [-0.05, 0) is 117 Å². The lowest BCUT2D eigenvalue weighted by atomic mass is 9.92. The predicted octanol–water partition coefficient (Wildman–Crippen LogP) is 13.7. The van der Waals surface area contributed by atoms with Gasteiger partial charge in [0.25, 0.3) is 0 Å². The highest BCUT2D eigenvalue weighted by Crippen LogP contribution is 2.41. The summed E-state index contributed by atoms with van der Waals surface area (Å²) in [4.78, 5) is 6.89. The van der Waals surface area contributed by atoms with E-state index in [4.69, 9.17) is 72.8 Å². The van der Waals surface area contributed by atoms with Gasteiger partial charge in [-0.1, -0.05) is 91.4 Å². The highest BCUT2D eigenvalue weighted by atomic mass is 35.5. The zero-order valence-electron chi connectivity index (χ0n) is 36.3. The van der Waals surface area contributed by atoms with Crippen molar-refractivity contribution in [3.05, 3.63) is 138 Å². The van der Waals surface area contributed by atoms with Gasteiger partial charge in [-0.2, -0.15) is 0 Å². The van der Waals surface area contributed by atoms with Crippen LogP contribution in [0, 0.1) is 27.0 Å².